The van der Waals surface area contributed by atoms with Crippen LogP contribution in [0, 0.1) is 5.92 Å². The first-order chi connectivity index (χ1) is 9.08. The first kappa shape index (κ1) is 15.3. The normalized spacial score (nSPS) is 11.9. The lowest BCUT2D eigenvalue weighted by Gasteiger charge is -2.10. The monoisotopic (exact) mass is 267 g/mol. The van der Waals surface area contributed by atoms with E-state index in [4.69, 9.17) is 9.84 Å². The number of benzene rings is 1. The molecule has 5 nitrogen and oxygen atoms in total. The molecule has 0 bridgehead atoms. The second-order valence-corrected chi connectivity index (χ2v) is 4.57. The Morgan fingerprint density at radius 2 is 2.21 bits per heavy atom. The summed E-state index contributed by atoms with van der Waals surface area (Å²) in [6, 6.07) is 4.56. The van der Waals surface area contributed by atoms with Crippen LogP contribution in [0.1, 0.15) is 30.1 Å². The van der Waals surface area contributed by atoms with Crippen LogP contribution < -0.4 is 10.1 Å². The van der Waals surface area contributed by atoms with Gasteiger partial charge in [-0.3, -0.25) is 4.79 Å². The molecule has 0 aromatic heterocycles. The molecule has 0 radical (unpaired) electrons. The number of ether oxygens (including phenoxy) is 1. The molecule has 0 heterocycles. The van der Waals surface area contributed by atoms with Crippen molar-refractivity contribution in [1.29, 1.82) is 0 Å². The number of amides is 1. The molecule has 5 heteroatoms. The third-order valence-electron chi connectivity index (χ3n) is 2.92. The number of rotatable bonds is 7. The fourth-order valence-electron chi connectivity index (χ4n) is 1.67. The zero-order valence-electron chi connectivity index (χ0n) is 11.3. The highest BCUT2D eigenvalue weighted by atomic mass is 16.5. The van der Waals surface area contributed by atoms with Crippen molar-refractivity contribution in [3.63, 3.8) is 0 Å². The lowest BCUT2D eigenvalue weighted by Crippen LogP contribution is -2.25. The van der Waals surface area contributed by atoms with Crippen LogP contribution >= 0.6 is 0 Å². The molecule has 0 aliphatic heterocycles. The Morgan fingerprint density at radius 1 is 1.47 bits per heavy atom. The molecule has 19 heavy (non-hydrogen) atoms. The van der Waals surface area contributed by atoms with Crippen LogP contribution in [0.3, 0.4) is 0 Å². The molecule has 0 aliphatic carbocycles. The second-order valence-electron chi connectivity index (χ2n) is 4.57. The number of aliphatic hydroxyl groups excluding tert-OH is 1. The minimum atomic E-state index is -0.309. The third kappa shape index (κ3) is 4.79. The van der Waals surface area contributed by atoms with E-state index in [-0.39, 0.29) is 29.7 Å². The fraction of sp³-hybridized carbons (Fsp3) is 0.500. The van der Waals surface area contributed by atoms with Gasteiger partial charge in [0.15, 0.2) is 0 Å². The van der Waals surface area contributed by atoms with Gasteiger partial charge < -0.3 is 20.3 Å². The number of aromatic hydroxyl groups is 1. The molecular weight excluding hydrogens is 246 g/mol. The van der Waals surface area contributed by atoms with Crippen LogP contribution in [-0.2, 0) is 0 Å². The van der Waals surface area contributed by atoms with Crippen molar-refractivity contribution < 1.29 is 19.7 Å². The molecule has 0 saturated heterocycles. The van der Waals surface area contributed by atoms with Crippen LogP contribution in [0.4, 0.5) is 0 Å². The van der Waals surface area contributed by atoms with Crippen molar-refractivity contribution in [3.05, 3.63) is 23.8 Å². The molecule has 1 aromatic rings. The largest absolute Gasteiger partial charge is 0.507 e. The summed E-state index contributed by atoms with van der Waals surface area (Å²) in [6.07, 6.45) is 1.65. The highest BCUT2D eigenvalue weighted by Crippen LogP contribution is 2.23. The van der Waals surface area contributed by atoms with Gasteiger partial charge in [-0.15, -0.1) is 0 Å². The van der Waals surface area contributed by atoms with E-state index in [1.807, 2.05) is 6.92 Å². The summed E-state index contributed by atoms with van der Waals surface area (Å²) in [4.78, 5) is 11.8. The minimum absolute atomic E-state index is 0.0967. The number of aliphatic hydroxyl groups is 1. The average molecular weight is 267 g/mol. The molecule has 0 aliphatic rings. The highest BCUT2D eigenvalue weighted by molar-refractivity contribution is 5.96. The maximum Gasteiger partial charge on any atom is 0.255 e. The first-order valence-corrected chi connectivity index (χ1v) is 6.34. The van der Waals surface area contributed by atoms with Crippen molar-refractivity contribution in [1.82, 2.24) is 5.32 Å². The molecule has 0 saturated carbocycles. The van der Waals surface area contributed by atoms with E-state index in [1.165, 1.54) is 19.2 Å². The maximum atomic E-state index is 11.8. The smallest absolute Gasteiger partial charge is 0.255 e. The first-order valence-electron chi connectivity index (χ1n) is 6.34. The number of methoxy groups -OCH3 is 1. The summed E-state index contributed by atoms with van der Waals surface area (Å²) in [5.74, 6) is 0.342. The fourth-order valence-corrected chi connectivity index (χ4v) is 1.67. The molecule has 1 unspecified atom stereocenters. The number of nitrogens with one attached hydrogen (secondary N) is 1. The van der Waals surface area contributed by atoms with Crippen molar-refractivity contribution >= 4 is 5.91 Å². The summed E-state index contributed by atoms with van der Waals surface area (Å²) in [6.45, 7) is 2.64. The Labute approximate surface area is 113 Å². The molecule has 0 spiro atoms. The van der Waals surface area contributed by atoms with Crippen LogP contribution in [0.15, 0.2) is 18.2 Å². The predicted octanol–water partition coefficient (Wildman–Crippen LogP) is 1.54. The van der Waals surface area contributed by atoms with Gasteiger partial charge in [-0.05, 0) is 30.9 Å². The number of phenols is 1. The van der Waals surface area contributed by atoms with E-state index < -0.39 is 0 Å². The highest BCUT2D eigenvalue weighted by Gasteiger charge is 2.11. The van der Waals surface area contributed by atoms with Gasteiger partial charge in [0.25, 0.3) is 5.91 Å². The molecule has 1 amide bonds. The summed E-state index contributed by atoms with van der Waals surface area (Å²) in [5.41, 5.74) is 0.232. The predicted molar refractivity (Wildman–Crippen MR) is 72.5 cm³/mol. The SMILES string of the molecule is COc1ccc(C(=O)NCCCC(C)CO)c(O)c1. The van der Waals surface area contributed by atoms with Crippen LogP contribution in [0.2, 0.25) is 0 Å². The topological polar surface area (TPSA) is 78.8 Å². The molecule has 0 fully saturated rings. The van der Waals surface area contributed by atoms with Crippen LogP contribution in [0.5, 0.6) is 11.5 Å². The van der Waals surface area contributed by atoms with Gasteiger partial charge in [0, 0.05) is 19.2 Å². The number of carbonyl (C=O) groups is 1. The summed E-state index contributed by atoms with van der Waals surface area (Å²) in [7, 11) is 1.50. The molecule has 3 N–H and O–H groups in total. The van der Waals surface area contributed by atoms with E-state index in [2.05, 4.69) is 5.32 Å². The van der Waals surface area contributed by atoms with Gasteiger partial charge in [0.2, 0.25) is 0 Å². The van der Waals surface area contributed by atoms with Crippen LogP contribution in [0.25, 0.3) is 0 Å². The van der Waals surface area contributed by atoms with Crippen molar-refractivity contribution in [3.8, 4) is 11.5 Å². The molecule has 106 valence electrons. The number of hydrogen-bond acceptors (Lipinski definition) is 4. The third-order valence-corrected chi connectivity index (χ3v) is 2.92. The van der Waals surface area contributed by atoms with Gasteiger partial charge in [-0.2, -0.15) is 0 Å². The zero-order chi connectivity index (χ0) is 14.3. The lowest BCUT2D eigenvalue weighted by molar-refractivity contribution is 0.0949. The Hall–Kier alpha value is -1.75. The van der Waals surface area contributed by atoms with E-state index in [0.717, 1.165) is 12.8 Å². The van der Waals surface area contributed by atoms with Gasteiger partial charge in [0.1, 0.15) is 11.5 Å². The van der Waals surface area contributed by atoms with E-state index in [1.54, 1.807) is 6.07 Å². The Balaban J connectivity index is 2.45. The van der Waals surface area contributed by atoms with Gasteiger partial charge in [-0.25, -0.2) is 0 Å². The summed E-state index contributed by atoms with van der Waals surface area (Å²) < 4.78 is 4.95. The number of hydrogen-bond donors (Lipinski definition) is 3. The van der Waals surface area contributed by atoms with Crippen molar-refractivity contribution in [2.24, 2.45) is 5.92 Å². The van der Waals surface area contributed by atoms with E-state index in [9.17, 15) is 9.90 Å². The summed E-state index contributed by atoms with van der Waals surface area (Å²) in [5, 5.41) is 21.3. The Bertz CT molecular complexity index is 420. The van der Waals surface area contributed by atoms with Gasteiger partial charge in [-0.1, -0.05) is 6.92 Å². The van der Waals surface area contributed by atoms with E-state index >= 15 is 0 Å². The van der Waals surface area contributed by atoms with Crippen molar-refractivity contribution in [2.45, 2.75) is 19.8 Å². The molecule has 1 rings (SSSR count). The zero-order valence-corrected chi connectivity index (χ0v) is 11.3. The standard InChI is InChI=1S/C14H21NO4/c1-10(9-16)4-3-7-15-14(18)12-6-5-11(19-2)8-13(12)17/h5-6,8,10,16-17H,3-4,7,9H2,1-2H3,(H,15,18). The van der Waals surface area contributed by atoms with Crippen LogP contribution in [-0.4, -0.2) is 36.4 Å². The Kier molecular flexibility index (Phi) is 6.15. The average Bonchev–Trinajstić information content (AvgIpc) is 2.42. The van der Waals surface area contributed by atoms with Crippen molar-refractivity contribution in [2.75, 3.05) is 20.3 Å². The van der Waals surface area contributed by atoms with Gasteiger partial charge in [0.05, 0.1) is 12.7 Å². The number of phenolic OH excluding ortho intramolecular Hbond substituents is 1. The van der Waals surface area contributed by atoms with E-state index in [0.29, 0.717) is 12.3 Å². The number of carbonyl (C=O) groups excluding carboxylic acids is 1. The Morgan fingerprint density at radius 3 is 2.79 bits per heavy atom. The quantitative estimate of drug-likeness (QED) is 0.655. The molecule has 1 atom stereocenters. The summed E-state index contributed by atoms with van der Waals surface area (Å²) >= 11 is 0. The lowest BCUT2D eigenvalue weighted by atomic mass is 10.1. The second kappa shape index (κ2) is 7.63. The molecular formula is C14H21NO4. The maximum absolute atomic E-state index is 11.8. The minimum Gasteiger partial charge on any atom is -0.507 e. The molecule has 1 aromatic carbocycles. The van der Waals surface area contributed by atoms with Gasteiger partial charge >= 0.3 is 0 Å².